The molecule has 0 atom stereocenters. The van der Waals surface area contributed by atoms with Gasteiger partial charge < -0.3 is 11.1 Å². The van der Waals surface area contributed by atoms with Crippen molar-refractivity contribution >= 4 is 40.5 Å². The molecule has 0 bridgehead atoms. The van der Waals surface area contributed by atoms with Crippen LogP contribution in [0.4, 0.5) is 11.4 Å². The quantitative estimate of drug-likeness (QED) is 0.411. The fourth-order valence-corrected chi connectivity index (χ4v) is 2.39. The van der Waals surface area contributed by atoms with Gasteiger partial charge in [0.25, 0.3) is 0 Å². The Kier molecular flexibility index (Phi) is 6.74. The Morgan fingerprint density at radius 3 is 2.54 bits per heavy atom. The lowest BCUT2D eigenvalue weighted by Crippen LogP contribution is -2.22. The molecule has 0 saturated heterocycles. The van der Waals surface area contributed by atoms with Crippen molar-refractivity contribution in [3.05, 3.63) is 58.6 Å². The Labute approximate surface area is 157 Å². The SMILES string of the molecule is CC(=NNC(=O)CCC(=O)Nc1cccc(Cl)c1C)c1cccc(N)c1. The molecule has 0 spiro atoms. The van der Waals surface area contributed by atoms with Crippen LogP contribution in [0.15, 0.2) is 47.6 Å². The number of hydrazone groups is 1. The van der Waals surface area contributed by atoms with E-state index in [0.29, 0.717) is 22.1 Å². The molecule has 0 saturated carbocycles. The van der Waals surface area contributed by atoms with Gasteiger partial charge >= 0.3 is 0 Å². The van der Waals surface area contributed by atoms with Gasteiger partial charge in [0.2, 0.25) is 11.8 Å². The average molecular weight is 373 g/mol. The van der Waals surface area contributed by atoms with Crippen LogP contribution in [0.1, 0.15) is 30.9 Å². The molecule has 0 aliphatic carbocycles. The summed E-state index contributed by atoms with van der Waals surface area (Å²) in [5.74, 6) is -0.603. The maximum Gasteiger partial charge on any atom is 0.240 e. The number of halogens is 1. The van der Waals surface area contributed by atoms with E-state index in [1.165, 1.54) is 0 Å². The molecule has 2 amide bonds. The number of nitrogens with two attached hydrogens (primary N) is 1. The zero-order valence-corrected chi connectivity index (χ0v) is 15.4. The molecule has 0 radical (unpaired) electrons. The number of carbonyl (C=O) groups is 2. The van der Waals surface area contributed by atoms with Crippen molar-refractivity contribution in [2.24, 2.45) is 5.10 Å². The van der Waals surface area contributed by atoms with E-state index in [-0.39, 0.29) is 24.7 Å². The lowest BCUT2D eigenvalue weighted by atomic mass is 10.1. The number of anilines is 2. The van der Waals surface area contributed by atoms with E-state index in [9.17, 15) is 9.59 Å². The van der Waals surface area contributed by atoms with E-state index >= 15 is 0 Å². The first-order chi connectivity index (χ1) is 12.4. The van der Waals surface area contributed by atoms with Crippen molar-refractivity contribution in [1.82, 2.24) is 5.43 Å². The van der Waals surface area contributed by atoms with Crippen LogP contribution < -0.4 is 16.5 Å². The summed E-state index contributed by atoms with van der Waals surface area (Å²) in [6, 6.07) is 12.5. The molecule has 2 aromatic carbocycles. The molecule has 0 unspecified atom stereocenters. The van der Waals surface area contributed by atoms with Crippen LogP contribution in [0.5, 0.6) is 0 Å². The van der Waals surface area contributed by atoms with Gasteiger partial charge in [-0.1, -0.05) is 29.8 Å². The highest BCUT2D eigenvalue weighted by molar-refractivity contribution is 6.31. The first-order valence-electron chi connectivity index (χ1n) is 8.11. The van der Waals surface area contributed by atoms with Crippen LogP contribution in [0.3, 0.4) is 0 Å². The largest absolute Gasteiger partial charge is 0.399 e. The lowest BCUT2D eigenvalue weighted by molar-refractivity contribution is -0.124. The van der Waals surface area contributed by atoms with Crippen molar-refractivity contribution < 1.29 is 9.59 Å². The Morgan fingerprint density at radius 2 is 1.81 bits per heavy atom. The summed E-state index contributed by atoms with van der Waals surface area (Å²) in [5.41, 5.74) is 11.7. The number of nitrogens with zero attached hydrogens (tertiary/aromatic N) is 1. The Bertz CT molecular complexity index is 849. The molecule has 0 aliphatic heterocycles. The third kappa shape index (κ3) is 5.60. The molecule has 2 rings (SSSR count). The van der Waals surface area contributed by atoms with Crippen molar-refractivity contribution in [2.45, 2.75) is 26.7 Å². The van der Waals surface area contributed by atoms with Crippen LogP contribution in [0, 0.1) is 6.92 Å². The first-order valence-corrected chi connectivity index (χ1v) is 8.48. The van der Waals surface area contributed by atoms with Crippen LogP contribution in [-0.4, -0.2) is 17.5 Å². The second-order valence-corrected chi connectivity index (χ2v) is 6.23. The highest BCUT2D eigenvalue weighted by atomic mass is 35.5. The highest BCUT2D eigenvalue weighted by Crippen LogP contribution is 2.23. The molecule has 2 aromatic rings. The van der Waals surface area contributed by atoms with Crippen molar-refractivity contribution in [3.63, 3.8) is 0 Å². The zero-order valence-electron chi connectivity index (χ0n) is 14.7. The Hall–Kier alpha value is -2.86. The van der Waals surface area contributed by atoms with Crippen LogP contribution >= 0.6 is 11.6 Å². The van der Waals surface area contributed by atoms with E-state index in [2.05, 4.69) is 15.8 Å². The van der Waals surface area contributed by atoms with Gasteiger partial charge in [-0.05, 0) is 49.2 Å². The van der Waals surface area contributed by atoms with Gasteiger partial charge in [-0.25, -0.2) is 5.43 Å². The summed E-state index contributed by atoms with van der Waals surface area (Å²) < 4.78 is 0. The van der Waals surface area contributed by atoms with Gasteiger partial charge in [0.1, 0.15) is 0 Å². The number of nitrogen functional groups attached to an aromatic ring is 1. The van der Waals surface area contributed by atoms with E-state index in [1.54, 1.807) is 37.3 Å². The van der Waals surface area contributed by atoms with Gasteiger partial charge in [0, 0.05) is 29.2 Å². The number of nitrogens with one attached hydrogen (secondary N) is 2. The number of hydrogen-bond acceptors (Lipinski definition) is 4. The average Bonchev–Trinajstić information content (AvgIpc) is 2.61. The zero-order chi connectivity index (χ0) is 19.1. The molecule has 136 valence electrons. The summed E-state index contributed by atoms with van der Waals surface area (Å²) in [6.45, 7) is 3.59. The predicted octanol–water partition coefficient (Wildman–Crippen LogP) is 3.49. The maximum atomic E-state index is 12.0. The van der Waals surface area contributed by atoms with Gasteiger partial charge in [0.05, 0.1) is 5.71 Å². The molecule has 4 N–H and O–H groups in total. The summed E-state index contributed by atoms with van der Waals surface area (Å²) in [4.78, 5) is 23.9. The van der Waals surface area contributed by atoms with E-state index < -0.39 is 0 Å². The summed E-state index contributed by atoms with van der Waals surface area (Å²) >= 11 is 6.02. The van der Waals surface area contributed by atoms with Crippen LogP contribution in [0.25, 0.3) is 0 Å². The standard InChI is InChI=1S/C19H21ClN4O2/c1-12-16(20)7-4-8-17(12)22-18(25)9-10-19(26)24-23-13(2)14-5-3-6-15(21)11-14/h3-8,11H,9-10,21H2,1-2H3,(H,22,25)(H,24,26). The number of rotatable bonds is 6. The number of benzene rings is 2. The molecular formula is C19H21ClN4O2. The molecule has 0 fully saturated rings. The third-order valence-electron chi connectivity index (χ3n) is 3.77. The Balaban J connectivity index is 1.83. The molecule has 7 heteroatoms. The summed E-state index contributed by atoms with van der Waals surface area (Å²) in [7, 11) is 0. The molecule has 6 nitrogen and oxygen atoms in total. The molecule has 0 heterocycles. The fourth-order valence-electron chi connectivity index (χ4n) is 2.21. The van der Waals surface area contributed by atoms with Gasteiger partial charge in [-0.2, -0.15) is 5.10 Å². The smallest absolute Gasteiger partial charge is 0.240 e. The summed E-state index contributed by atoms with van der Waals surface area (Å²) in [6.07, 6.45) is 0.0732. The van der Waals surface area contributed by atoms with E-state index in [1.807, 2.05) is 19.1 Å². The van der Waals surface area contributed by atoms with Gasteiger partial charge in [-0.3, -0.25) is 9.59 Å². The minimum atomic E-state index is -0.341. The second-order valence-electron chi connectivity index (χ2n) is 5.82. The minimum Gasteiger partial charge on any atom is -0.399 e. The molecular weight excluding hydrogens is 352 g/mol. The molecule has 0 aliphatic rings. The van der Waals surface area contributed by atoms with E-state index in [4.69, 9.17) is 17.3 Å². The van der Waals surface area contributed by atoms with Gasteiger partial charge in [-0.15, -0.1) is 0 Å². The van der Waals surface area contributed by atoms with Crippen molar-refractivity contribution in [1.29, 1.82) is 0 Å². The summed E-state index contributed by atoms with van der Waals surface area (Å²) in [5, 5.41) is 7.36. The van der Waals surface area contributed by atoms with Crippen molar-refractivity contribution in [2.75, 3.05) is 11.1 Å². The van der Waals surface area contributed by atoms with E-state index in [0.717, 1.165) is 11.1 Å². The Morgan fingerprint density at radius 1 is 1.12 bits per heavy atom. The lowest BCUT2D eigenvalue weighted by Gasteiger charge is -2.09. The predicted molar refractivity (Wildman–Crippen MR) is 105 cm³/mol. The minimum absolute atomic E-state index is 0.0269. The number of amides is 2. The third-order valence-corrected chi connectivity index (χ3v) is 4.18. The van der Waals surface area contributed by atoms with Crippen molar-refractivity contribution in [3.8, 4) is 0 Å². The highest BCUT2D eigenvalue weighted by Gasteiger charge is 2.09. The second kappa shape index (κ2) is 9.01. The van der Waals surface area contributed by atoms with Gasteiger partial charge in [0.15, 0.2) is 0 Å². The van der Waals surface area contributed by atoms with Crippen LogP contribution in [0.2, 0.25) is 5.02 Å². The van der Waals surface area contributed by atoms with Crippen LogP contribution in [-0.2, 0) is 9.59 Å². The molecule has 0 aromatic heterocycles. The number of carbonyl (C=O) groups excluding carboxylic acids is 2. The molecule has 26 heavy (non-hydrogen) atoms. The number of hydrogen-bond donors (Lipinski definition) is 3. The maximum absolute atomic E-state index is 12.0. The fraction of sp³-hybridized carbons (Fsp3) is 0.211. The monoisotopic (exact) mass is 372 g/mol. The first kappa shape index (κ1) is 19.5. The topological polar surface area (TPSA) is 96.6 Å². The normalized spacial score (nSPS) is 11.1.